The molecule has 0 atom stereocenters. The van der Waals surface area contributed by atoms with Crippen molar-refractivity contribution in [3.63, 3.8) is 0 Å². The van der Waals surface area contributed by atoms with E-state index in [0.717, 1.165) is 35.8 Å². The first-order valence-electron chi connectivity index (χ1n) is 7.16. The lowest BCUT2D eigenvalue weighted by molar-refractivity contribution is 0.369. The molecule has 0 unspecified atom stereocenters. The zero-order chi connectivity index (χ0) is 13.8. The van der Waals surface area contributed by atoms with Crippen LogP contribution in [0.25, 0.3) is 0 Å². The molecule has 0 bridgehead atoms. The second-order valence-electron chi connectivity index (χ2n) is 5.81. The van der Waals surface area contributed by atoms with E-state index < -0.39 is 0 Å². The van der Waals surface area contributed by atoms with Gasteiger partial charge in [0, 0.05) is 25.3 Å². The summed E-state index contributed by atoms with van der Waals surface area (Å²) in [6, 6.07) is 2.74. The van der Waals surface area contributed by atoms with Gasteiger partial charge in [-0.05, 0) is 59.8 Å². The van der Waals surface area contributed by atoms with E-state index in [9.17, 15) is 0 Å². The fraction of sp³-hybridized carbons (Fsp3) is 0.667. The van der Waals surface area contributed by atoms with Crippen molar-refractivity contribution in [1.82, 2.24) is 10.3 Å². The minimum absolute atomic E-state index is 0.589. The number of aromatic nitrogens is 1. The standard InChI is InChI=1S/C15H24BrN3/c1-11(2)17-10-13-4-6-19(7-5-13)15-14(16)8-12(3)9-18-15/h8-9,11,13,17H,4-7,10H2,1-3H3. The second-order valence-corrected chi connectivity index (χ2v) is 6.67. The van der Waals surface area contributed by atoms with Crippen LogP contribution in [0.3, 0.4) is 0 Å². The Kier molecular flexibility index (Phi) is 5.22. The van der Waals surface area contributed by atoms with Crippen LogP contribution in [-0.2, 0) is 0 Å². The lowest BCUT2D eigenvalue weighted by atomic mass is 9.96. The Labute approximate surface area is 124 Å². The zero-order valence-electron chi connectivity index (χ0n) is 12.1. The third-order valence-corrected chi connectivity index (χ3v) is 4.27. The number of piperidine rings is 1. The van der Waals surface area contributed by atoms with E-state index >= 15 is 0 Å². The van der Waals surface area contributed by atoms with E-state index in [1.165, 1.54) is 18.4 Å². The summed E-state index contributed by atoms with van der Waals surface area (Å²) in [4.78, 5) is 6.96. The van der Waals surface area contributed by atoms with Gasteiger partial charge in [-0.3, -0.25) is 0 Å². The van der Waals surface area contributed by atoms with Gasteiger partial charge in [-0.2, -0.15) is 0 Å². The SMILES string of the molecule is Cc1cnc(N2CCC(CNC(C)C)CC2)c(Br)c1. The van der Waals surface area contributed by atoms with Gasteiger partial charge in [0.1, 0.15) is 5.82 Å². The Bertz CT molecular complexity index is 412. The van der Waals surface area contributed by atoms with E-state index in [0.29, 0.717) is 6.04 Å². The molecule has 0 amide bonds. The molecular formula is C15H24BrN3. The minimum atomic E-state index is 0.589. The summed E-state index contributed by atoms with van der Waals surface area (Å²) in [6.45, 7) is 9.86. The summed E-state index contributed by atoms with van der Waals surface area (Å²) in [6.07, 6.45) is 4.45. The number of hydrogen-bond acceptors (Lipinski definition) is 3. The van der Waals surface area contributed by atoms with Crippen molar-refractivity contribution in [2.45, 2.75) is 39.7 Å². The number of hydrogen-bond donors (Lipinski definition) is 1. The molecule has 106 valence electrons. The Morgan fingerprint density at radius 2 is 2.11 bits per heavy atom. The van der Waals surface area contributed by atoms with Crippen molar-refractivity contribution in [3.05, 3.63) is 22.3 Å². The highest BCUT2D eigenvalue weighted by Gasteiger charge is 2.21. The van der Waals surface area contributed by atoms with Crippen LogP contribution in [0.4, 0.5) is 5.82 Å². The van der Waals surface area contributed by atoms with E-state index in [1.807, 2.05) is 6.20 Å². The third-order valence-electron chi connectivity index (χ3n) is 3.69. The molecule has 0 spiro atoms. The first kappa shape index (κ1) is 14.8. The summed E-state index contributed by atoms with van der Waals surface area (Å²) < 4.78 is 1.12. The first-order chi connectivity index (χ1) is 9.06. The van der Waals surface area contributed by atoms with Crippen molar-refractivity contribution in [3.8, 4) is 0 Å². The second kappa shape index (κ2) is 6.71. The largest absolute Gasteiger partial charge is 0.356 e. The number of anilines is 1. The third kappa shape index (κ3) is 4.18. The minimum Gasteiger partial charge on any atom is -0.356 e. The van der Waals surface area contributed by atoms with Crippen molar-refractivity contribution >= 4 is 21.7 Å². The van der Waals surface area contributed by atoms with Gasteiger partial charge in [0.25, 0.3) is 0 Å². The average molecular weight is 326 g/mol. The van der Waals surface area contributed by atoms with Crippen LogP contribution in [0.15, 0.2) is 16.7 Å². The van der Waals surface area contributed by atoms with Gasteiger partial charge >= 0.3 is 0 Å². The van der Waals surface area contributed by atoms with E-state index in [1.54, 1.807) is 0 Å². The number of rotatable bonds is 4. The summed E-state index contributed by atoms with van der Waals surface area (Å²) in [5.41, 5.74) is 1.20. The average Bonchev–Trinajstić information content (AvgIpc) is 2.37. The maximum absolute atomic E-state index is 4.56. The molecule has 1 aliphatic rings. The van der Waals surface area contributed by atoms with Gasteiger partial charge in [0.2, 0.25) is 0 Å². The van der Waals surface area contributed by atoms with Crippen LogP contribution in [0, 0.1) is 12.8 Å². The number of halogens is 1. The summed E-state index contributed by atoms with van der Waals surface area (Å²) in [5, 5.41) is 3.55. The number of pyridine rings is 1. The molecule has 1 N–H and O–H groups in total. The quantitative estimate of drug-likeness (QED) is 0.919. The zero-order valence-corrected chi connectivity index (χ0v) is 13.7. The molecule has 1 fully saturated rings. The van der Waals surface area contributed by atoms with Gasteiger partial charge in [0.15, 0.2) is 0 Å². The van der Waals surface area contributed by atoms with Crippen LogP contribution >= 0.6 is 15.9 Å². The smallest absolute Gasteiger partial charge is 0.142 e. The van der Waals surface area contributed by atoms with Gasteiger partial charge < -0.3 is 10.2 Å². The van der Waals surface area contributed by atoms with Crippen molar-refractivity contribution in [1.29, 1.82) is 0 Å². The molecule has 4 heteroatoms. The molecule has 0 aliphatic carbocycles. The van der Waals surface area contributed by atoms with Crippen LogP contribution in [-0.4, -0.2) is 30.7 Å². The summed E-state index contributed by atoms with van der Waals surface area (Å²) in [5.74, 6) is 1.91. The molecule has 1 aromatic heterocycles. The number of aryl methyl sites for hydroxylation is 1. The fourth-order valence-electron chi connectivity index (χ4n) is 2.51. The predicted octanol–water partition coefficient (Wildman–Crippen LogP) is 3.37. The highest BCUT2D eigenvalue weighted by Crippen LogP contribution is 2.28. The van der Waals surface area contributed by atoms with E-state index in [4.69, 9.17) is 0 Å². The highest BCUT2D eigenvalue weighted by atomic mass is 79.9. The molecule has 2 heterocycles. The Morgan fingerprint density at radius 3 is 2.68 bits per heavy atom. The van der Waals surface area contributed by atoms with Crippen molar-refractivity contribution < 1.29 is 0 Å². The maximum atomic E-state index is 4.56. The van der Waals surface area contributed by atoms with Crippen LogP contribution in [0.1, 0.15) is 32.3 Å². The molecule has 2 rings (SSSR count). The van der Waals surface area contributed by atoms with Crippen molar-refractivity contribution in [2.75, 3.05) is 24.5 Å². The number of nitrogens with one attached hydrogen (secondary N) is 1. The molecular weight excluding hydrogens is 302 g/mol. The molecule has 1 saturated heterocycles. The van der Waals surface area contributed by atoms with E-state index in [2.05, 4.69) is 58.0 Å². The number of nitrogens with zero attached hydrogens (tertiary/aromatic N) is 2. The summed E-state index contributed by atoms with van der Waals surface area (Å²) >= 11 is 3.63. The molecule has 0 radical (unpaired) electrons. The Hall–Kier alpha value is -0.610. The lowest BCUT2D eigenvalue weighted by Crippen LogP contribution is -2.39. The Balaban J connectivity index is 1.89. The van der Waals surface area contributed by atoms with Crippen LogP contribution < -0.4 is 10.2 Å². The topological polar surface area (TPSA) is 28.2 Å². The van der Waals surface area contributed by atoms with Gasteiger partial charge in [-0.15, -0.1) is 0 Å². The van der Waals surface area contributed by atoms with Crippen LogP contribution in [0.5, 0.6) is 0 Å². The summed E-state index contributed by atoms with van der Waals surface area (Å²) in [7, 11) is 0. The molecule has 0 saturated carbocycles. The van der Waals surface area contributed by atoms with E-state index in [-0.39, 0.29) is 0 Å². The molecule has 3 nitrogen and oxygen atoms in total. The van der Waals surface area contributed by atoms with Crippen molar-refractivity contribution in [2.24, 2.45) is 5.92 Å². The normalized spacial score (nSPS) is 17.2. The molecule has 1 aliphatic heterocycles. The first-order valence-corrected chi connectivity index (χ1v) is 7.96. The van der Waals surface area contributed by atoms with Gasteiger partial charge in [-0.1, -0.05) is 13.8 Å². The fourth-order valence-corrected chi connectivity index (χ4v) is 3.22. The van der Waals surface area contributed by atoms with Gasteiger partial charge in [-0.25, -0.2) is 4.98 Å². The monoisotopic (exact) mass is 325 g/mol. The predicted molar refractivity (Wildman–Crippen MR) is 84.7 cm³/mol. The van der Waals surface area contributed by atoms with Crippen LogP contribution in [0.2, 0.25) is 0 Å². The Morgan fingerprint density at radius 1 is 1.42 bits per heavy atom. The molecule has 0 aromatic carbocycles. The van der Waals surface area contributed by atoms with Gasteiger partial charge in [0.05, 0.1) is 4.47 Å². The highest BCUT2D eigenvalue weighted by molar-refractivity contribution is 9.10. The molecule has 19 heavy (non-hydrogen) atoms. The molecule has 1 aromatic rings. The maximum Gasteiger partial charge on any atom is 0.142 e. The lowest BCUT2D eigenvalue weighted by Gasteiger charge is -2.33.